The van der Waals surface area contributed by atoms with Gasteiger partial charge in [0.05, 0.1) is 0 Å². The predicted molar refractivity (Wildman–Crippen MR) is 82.2 cm³/mol. The van der Waals surface area contributed by atoms with Crippen LogP contribution in [-0.4, -0.2) is 100 Å². The highest BCUT2D eigenvalue weighted by atomic mass is 16.7. The number of hydrogen-bond acceptors (Lipinski definition) is 12. The first-order valence-electron chi connectivity index (χ1n) is 7.19. The average Bonchev–Trinajstić information content (AvgIpc) is 2.60. The van der Waals surface area contributed by atoms with Crippen molar-refractivity contribution in [2.24, 2.45) is 0 Å². The van der Waals surface area contributed by atoms with E-state index in [1.165, 1.54) is 0 Å². The van der Waals surface area contributed by atoms with Crippen molar-refractivity contribution in [3.8, 4) is 0 Å². The van der Waals surface area contributed by atoms with Gasteiger partial charge in [-0.15, -0.1) is 0 Å². The van der Waals surface area contributed by atoms with Crippen molar-refractivity contribution in [3.05, 3.63) is 60.7 Å². The van der Waals surface area contributed by atoms with Gasteiger partial charge in [0.2, 0.25) is 40.0 Å². The fraction of sp³-hybridized carbons (Fsp3) is 1.00. The van der Waals surface area contributed by atoms with Crippen LogP contribution >= 0.6 is 0 Å². The maximum atomic E-state index is 11.1. The summed E-state index contributed by atoms with van der Waals surface area (Å²) in [4.78, 5) is 66.7. The minimum absolute atomic E-state index is 0.102. The summed E-state index contributed by atoms with van der Waals surface area (Å²) >= 11 is 0. The zero-order valence-corrected chi connectivity index (χ0v) is 14.5. The van der Waals surface area contributed by atoms with Crippen molar-refractivity contribution in [2.75, 3.05) is 40.0 Å². The molecule has 0 bridgehead atoms. The molecule has 1 heterocycles. The van der Waals surface area contributed by atoms with Crippen molar-refractivity contribution >= 4 is 0 Å². The maximum Gasteiger partial charge on any atom is 0.212 e. The van der Waals surface area contributed by atoms with Gasteiger partial charge in [-0.1, -0.05) is 30.1 Å². The second-order valence-electron chi connectivity index (χ2n) is 5.31. The number of rotatable bonds is 6. The molecule has 0 radical (unpaired) electrons. The van der Waals surface area contributed by atoms with Gasteiger partial charge in [0.1, 0.15) is 0 Å². The Kier molecular flexibility index (Phi) is 7.29. The Hall–Kier alpha value is -4.80. The average molecular weight is 444 g/mol. The van der Waals surface area contributed by atoms with Crippen LogP contribution < -0.4 is 0 Å². The molecule has 0 aromatic carbocycles. The van der Waals surface area contributed by atoms with Crippen LogP contribution in [0.3, 0.4) is 0 Å². The molecule has 1 saturated heterocycles. The molecular formula is C6H12N12O12. The second kappa shape index (κ2) is 9.41. The van der Waals surface area contributed by atoms with Crippen LogP contribution in [0.1, 0.15) is 0 Å². The number of nitro groups is 6. The van der Waals surface area contributed by atoms with Crippen LogP contribution in [0.15, 0.2) is 0 Å². The molecule has 0 unspecified atom stereocenters. The Morgan fingerprint density at radius 1 is 0.333 bits per heavy atom. The highest BCUT2D eigenvalue weighted by Gasteiger charge is 2.40. The maximum absolute atomic E-state index is 11.1. The number of hydrogen-bond donors (Lipinski definition) is 0. The standard InChI is InChI=1S/C6H12N12O12/c19-13(20)7-1-8(14(21)22)3-10(16(25)26)5-12(18(29)30)6-11(17(27)28)4-9(2-7)15(23)24/h1-6H2. The Labute approximate surface area is 162 Å². The molecule has 0 atom stereocenters. The molecule has 0 aromatic rings. The van der Waals surface area contributed by atoms with Crippen LogP contribution in [0, 0.1) is 60.7 Å². The summed E-state index contributed by atoms with van der Waals surface area (Å²) < 4.78 is 0. The highest BCUT2D eigenvalue weighted by Crippen LogP contribution is 2.08. The SMILES string of the molecule is O=[N+]([O-])N1CN([N+](=O)[O-])CN([N+](=O)[O-])CN([N+](=O)[O-])CN([N+](=O)[O-])CN([N+](=O)[O-])C1. The summed E-state index contributed by atoms with van der Waals surface area (Å²) in [6.45, 7) is -8.05. The van der Waals surface area contributed by atoms with E-state index in [4.69, 9.17) is 0 Å². The lowest BCUT2D eigenvalue weighted by Crippen LogP contribution is -2.59. The molecule has 168 valence electrons. The number of nitrogens with zero attached hydrogens (tertiary/aromatic N) is 12. The van der Waals surface area contributed by atoms with E-state index < -0.39 is 70.2 Å². The van der Waals surface area contributed by atoms with Crippen molar-refractivity contribution in [3.63, 3.8) is 0 Å². The van der Waals surface area contributed by atoms with Gasteiger partial charge in [0, 0.05) is 0 Å². The molecule has 1 fully saturated rings. The molecular weight excluding hydrogens is 432 g/mol. The monoisotopic (exact) mass is 444 g/mol. The van der Waals surface area contributed by atoms with Crippen LogP contribution in [-0.2, 0) is 0 Å². The fourth-order valence-corrected chi connectivity index (χ4v) is 2.02. The third-order valence-corrected chi connectivity index (χ3v) is 3.34. The van der Waals surface area contributed by atoms with E-state index in [1.54, 1.807) is 0 Å². The van der Waals surface area contributed by atoms with Gasteiger partial charge < -0.3 is 0 Å². The van der Waals surface area contributed by atoms with Crippen molar-refractivity contribution in [1.29, 1.82) is 0 Å². The van der Waals surface area contributed by atoms with E-state index >= 15 is 0 Å². The van der Waals surface area contributed by atoms with Gasteiger partial charge in [0.15, 0.2) is 30.2 Å². The largest absolute Gasteiger partial charge is 0.235 e. The summed E-state index contributed by atoms with van der Waals surface area (Å²) in [7, 11) is 0. The summed E-state index contributed by atoms with van der Waals surface area (Å²) in [5.74, 6) is 0. The van der Waals surface area contributed by atoms with Crippen molar-refractivity contribution in [1.82, 2.24) is 30.1 Å². The van der Waals surface area contributed by atoms with Crippen LogP contribution in [0.2, 0.25) is 0 Å². The lowest BCUT2D eigenvalue weighted by Gasteiger charge is -2.27. The lowest BCUT2D eigenvalue weighted by molar-refractivity contribution is -0.775. The highest BCUT2D eigenvalue weighted by molar-refractivity contribution is 4.51. The molecule has 24 nitrogen and oxygen atoms in total. The molecule has 0 spiro atoms. The molecule has 1 aliphatic heterocycles. The molecule has 0 amide bonds. The summed E-state index contributed by atoms with van der Waals surface area (Å²) in [6.07, 6.45) is 0. The zero-order valence-electron chi connectivity index (χ0n) is 14.5. The van der Waals surface area contributed by atoms with E-state index in [0.717, 1.165) is 0 Å². The van der Waals surface area contributed by atoms with E-state index in [-0.39, 0.29) is 30.1 Å². The van der Waals surface area contributed by atoms with Gasteiger partial charge in [-0.3, -0.25) is 0 Å². The first-order valence-corrected chi connectivity index (χ1v) is 7.19. The predicted octanol–water partition coefficient (Wildman–Crippen LogP) is -3.29. The molecule has 0 aromatic heterocycles. The second-order valence-corrected chi connectivity index (χ2v) is 5.31. The first-order chi connectivity index (χ1) is 13.8. The number of hydrazine groups is 6. The molecule has 24 heteroatoms. The third kappa shape index (κ3) is 6.13. The molecule has 1 aliphatic rings. The van der Waals surface area contributed by atoms with Crippen molar-refractivity contribution < 1.29 is 30.2 Å². The van der Waals surface area contributed by atoms with Crippen LogP contribution in [0.25, 0.3) is 0 Å². The smallest absolute Gasteiger partial charge is 0.212 e. The van der Waals surface area contributed by atoms with Gasteiger partial charge in [-0.2, -0.15) is 0 Å². The molecule has 0 saturated carbocycles. The van der Waals surface area contributed by atoms with Crippen LogP contribution in [0.4, 0.5) is 0 Å². The molecule has 0 aliphatic carbocycles. The molecule has 0 N–H and O–H groups in total. The topological polar surface area (TPSA) is 278 Å². The van der Waals surface area contributed by atoms with Crippen LogP contribution in [0.5, 0.6) is 0 Å². The van der Waals surface area contributed by atoms with E-state index in [2.05, 4.69) is 0 Å². The Bertz CT molecular complexity index is 563. The first kappa shape index (κ1) is 23.2. The Balaban J connectivity index is 3.43. The van der Waals surface area contributed by atoms with Gasteiger partial charge in [0.25, 0.3) is 0 Å². The minimum atomic E-state index is -1.34. The third-order valence-electron chi connectivity index (χ3n) is 3.34. The molecule has 30 heavy (non-hydrogen) atoms. The van der Waals surface area contributed by atoms with E-state index in [9.17, 15) is 60.7 Å². The van der Waals surface area contributed by atoms with Gasteiger partial charge in [-0.05, 0) is 0 Å². The summed E-state index contributed by atoms with van der Waals surface area (Å²) in [5.41, 5.74) is 0. The Morgan fingerprint density at radius 2 is 0.433 bits per heavy atom. The summed E-state index contributed by atoms with van der Waals surface area (Å²) in [5, 5.41) is 58.3. The van der Waals surface area contributed by atoms with Gasteiger partial charge >= 0.3 is 0 Å². The summed E-state index contributed by atoms with van der Waals surface area (Å²) in [6, 6.07) is 0. The molecule has 1 rings (SSSR count). The zero-order chi connectivity index (χ0) is 23.2. The van der Waals surface area contributed by atoms with E-state index in [0.29, 0.717) is 0 Å². The Morgan fingerprint density at radius 3 is 0.500 bits per heavy atom. The quantitative estimate of drug-likeness (QED) is 0.286. The van der Waals surface area contributed by atoms with Crippen molar-refractivity contribution in [2.45, 2.75) is 0 Å². The fourth-order valence-electron chi connectivity index (χ4n) is 2.02. The van der Waals surface area contributed by atoms with Gasteiger partial charge in [-0.25, -0.2) is 60.7 Å². The normalized spacial score (nSPS) is 16.4. The van der Waals surface area contributed by atoms with E-state index in [1.807, 2.05) is 0 Å². The minimum Gasteiger partial charge on any atom is -0.235 e. The lowest BCUT2D eigenvalue weighted by atomic mass is 10.7.